The van der Waals surface area contributed by atoms with Gasteiger partial charge in [-0.25, -0.2) is 9.38 Å². The molecule has 3 unspecified atom stereocenters. The number of fused-ring (bicyclic) bond motifs is 3. The monoisotopic (exact) mass is 568 g/mol. The largest absolute Gasteiger partial charge is 0.522 e. The van der Waals surface area contributed by atoms with Gasteiger partial charge in [0.1, 0.15) is 24.6 Å². The van der Waals surface area contributed by atoms with Crippen LogP contribution < -0.4 is 5.56 Å². The quantitative estimate of drug-likeness (QED) is 0.277. The summed E-state index contributed by atoms with van der Waals surface area (Å²) in [6, 6.07) is 16.2. The van der Waals surface area contributed by atoms with E-state index in [4.69, 9.17) is 30.6 Å². The number of phenolic OH excluding ortho intramolecular Hbond substituents is 1. The second-order valence-corrected chi connectivity index (χ2v) is 11.7. The predicted octanol–water partition coefficient (Wildman–Crippen LogP) is 3.34. The molecule has 0 aliphatic carbocycles. The third-order valence-electron chi connectivity index (χ3n) is 6.47. The summed E-state index contributed by atoms with van der Waals surface area (Å²) >= 11 is 6.42. The average molecular weight is 569 g/mol. The van der Waals surface area contributed by atoms with Gasteiger partial charge in [-0.15, -0.1) is 9.05 Å². The lowest BCUT2D eigenvalue weighted by molar-refractivity contribution is -0.0556. The molecule has 11 nitrogen and oxygen atoms in total. The SMILES string of the molecule is O=c1c2nc(Sc3ccc(O)cc3)n([C@@H]3OC4CO[P+](=S)O[C@H]4C3O)c2nc2[nH]c(-c3ccccc3)cn12. The minimum Gasteiger partial charge on any atom is -0.508 e. The summed E-state index contributed by atoms with van der Waals surface area (Å²) in [5, 5.41) is 21.3. The molecule has 2 aliphatic heterocycles. The van der Waals surface area contributed by atoms with Gasteiger partial charge in [0, 0.05) is 11.1 Å². The molecule has 2 aromatic carbocycles. The zero-order valence-corrected chi connectivity index (χ0v) is 21.9. The lowest BCUT2D eigenvalue weighted by atomic mass is 10.1. The van der Waals surface area contributed by atoms with Crippen LogP contribution in [0.3, 0.4) is 0 Å². The number of hydrogen-bond donors (Lipinski definition) is 3. The maximum absolute atomic E-state index is 13.6. The van der Waals surface area contributed by atoms with Crippen LogP contribution in [-0.4, -0.2) is 59.1 Å². The number of benzene rings is 2. The van der Waals surface area contributed by atoms with Crippen LogP contribution in [0.25, 0.3) is 28.2 Å². The highest BCUT2D eigenvalue weighted by Gasteiger charge is 2.54. The van der Waals surface area contributed by atoms with Crippen molar-refractivity contribution in [2.75, 3.05) is 6.61 Å². The smallest absolute Gasteiger partial charge is 0.508 e. The molecule has 0 spiro atoms. The number of aliphatic hydroxyl groups is 1. The molecule has 3 N–H and O–H groups in total. The summed E-state index contributed by atoms with van der Waals surface area (Å²) in [5.41, 5.74) is 1.63. The summed E-state index contributed by atoms with van der Waals surface area (Å²) in [7, 11) is -1.54. The minimum absolute atomic E-state index is 0.121. The number of imidazole rings is 2. The highest BCUT2D eigenvalue weighted by atomic mass is 32.4. The lowest BCUT2D eigenvalue weighted by Crippen LogP contribution is -2.37. The number of aromatic amines is 1. The molecule has 192 valence electrons. The van der Waals surface area contributed by atoms with Crippen LogP contribution >= 0.6 is 18.9 Å². The van der Waals surface area contributed by atoms with Gasteiger partial charge in [-0.2, -0.15) is 4.98 Å². The van der Waals surface area contributed by atoms with Gasteiger partial charge >= 0.3 is 7.15 Å². The molecule has 5 aromatic rings. The van der Waals surface area contributed by atoms with Crippen LogP contribution in [0.2, 0.25) is 0 Å². The summed E-state index contributed by atoms with van der Waals surface area (Å²) in [6.45, 7) is 0.192. The molecule has 0 bridgehead atoms. The first-order valence-corrected chi connectivity index (χ1v) is 14.6. The molecule has 0 amide bonds. The third kappa shape index (κ3) is 3.95. The van der Waals surface area contributed by atoms with Gasteiger partial charge in [0.15, 0.2) is 28.7 Å². The molecule has 5 heterocycles. The predicted molar refractivity (Wildman–Crippen MR) is 142 cm³/mol. The van der Waals surface area contributed by atoms with Crippen molar-refractivity contribution >= 4 is 47.7 Å². The Labute approximate surface area is 224 Å². The topological polar surface area (TPSA) is 136 Å². The van der Waals surface area contributed by atoms with Crippen molar-refractivity contribution in [2.45, 2.75) is 34.6 Å². The zero-order valence-electron chi connectivity index (χ0n) is 19.4. The number of nitrogens with zero attached hydrogens (tertiary/aromatic N) is 4. The van der Waals surface area contributed by atoms with Gasteiger partial charge < -0.3 is 19.9 Å². The number of hydrogen-bond acceptors (Lipinski definition) is 10. The summed E-state index contributed by atoms with van der Waals surface area (Å²) in [6.07, 6.45) is -1.58. The highest BCUT2D eigenvalue weighted by Crippen LogP contribution is 2.44. The van der Waals surface area contributed by atoms with E-state index in [0.717, 1.165) is 16.2 Å². The Hall–Kier alpha value is -3.16. The molecule has 0 radical (unpaired) electrons. The maximum atomic E-state index is 13.6. The molecular weight excluding hydrogens is 549 g/mol. The first-order chi connectivity index (χ1) is 18.5. The Morgan fingerprint density at radius 1 is 1.13 bits per heavy atom. The molecule has 2 saturated heterocycles. The van der Waals surface area contributed by atoms with Crippen LogP contribution in [0, 0.1) is 0 Å². The fourth-order valence-electron chi connectivity index (χ4n) is 4.66. The van der Waals surface area contributed by atoms with Crippen LogP contribution in [0.4, 0.5) is 0 Å². The van der Waals surface area contributed by atoms with Gasteiger partial charge in [-0.3, -0.25) is 9.36 Å². The molecule has 2 aliphatic rings. The van der Waals surface area contributed by atoms with Crippen LogP contribution in [0.15, 0.2) is 75.6 Å². The second-order valence-electron chi connectivity index (χ2n) is 8.82. The maximum Gasteiger partial charge on any atom is 0.522 e. The summed E-state index contributed by atoms with van der Waals surface area (Å²) in [4.78, 5) is 27.0. The van der Waals surface area contributed by atoms with E-state index in [-0.39, 0.29) is 29.1 Å². The van der Waals surface area contributed by atoms with Crippen LogP contribution in [-0.2, 0) is 25.6 Å². The molecule has 5 atom stereocenters. The number of aliphatic hydroxyl groups excluding tert-OH is 1. The fourth-order valence-corrected chi connectivity index (χ4v) is 6.83. The number of H-pyrrole nitrogens is 1. The number of rotatable bonds is 4. The van der Waals surface area contributed by atoms with E-state index in [1.54, 1.807) is 35.0 Å². The van der Waals surface area contributed by atoms with Crippen molar-refractivity contribution in [3.05, 3.63) is 71.1 Å². The Morgan fingerprint density at radius 2 is 1.92 bits per heavy atom. The number of phenols is 1. The van der Waals surface area contributed by atoms with Crippen molar-refractivity contribution in [3.8, 4) is 17.0 Å². The van der Waals surface area contributed by atoms with Crippen LogP contribution in [0.5, 0.6) is 5.75 Å². The zero-order chi connectivity index (χ0) is 26.0. The highest BCUT2D eigenvalue weighted by molar-refractivity contribution is 8.00. The standard InChI is InChI=1S/C24H18N5O6PS2/c30-13-6-8-14(9-7-13)38-24-26-17-20(29(24)22-18(31)19-16(34-22)11-33-36(37)35-19)27-23-25-15(10-28(23)21(17)32)12-4-2-1-3-5-12/h1-10,16,18-19,22,31H,11H2,(H-,25,27,30,32)/p+1/t16?,18?,19-,22-/m1/s1. The van der Waals surface area contributed by atoms with Crippen molar-refractivity contribution in [1.82, 2.24) is 23.9 Å². The Morgan fingerprint density at radius 3 is 2.71 bits per heavy atom. The fraction of sp³-hybridized carbons (Fsp3) is 0.208. The molecular formula is C24H19N5O6PS2+. The lowest BCUT2D eigenvalue weighted by Gasteiger charge is -2.19. The number of nitrogens with one attached hydrogen (secondary N) is 1. The summed E-state index contributed by atoms with van der Waals surface area (Å²) in [5.74, 6) is 0.449. The molecule has 14 heteroatoms. The van der Waals surface area contributed by atoms with Crippen molar-refractivity contribution in [3.63, 3.8) is 0 Å². The van der Waals surface area contributed by atoms with E-state index in [1.807, 2.05) is 30.3 Å². The molecule has 38 heavy (non-hydrogen) atoms. The number of aromatic nitrogens is 5. The minimum atomic E-state index is -1.54. The normalized spacial score (nSPS) is 24.3. The van der Waals surface area contributed by atoms with Crippen molar-refractivity contribution in [1.29, 1.82) is 0 Å². The Balaban J connectivity index is 1.40. The molecule has 0 saturated carbocycles. The Bertz CT molecular complexity index is 1760. The van der Waals surface area contributed by atoms with E-state index < -0.39 is 31.7 Å². The van der Waals surface area contributed by atoms with Crippen LogP contribution in [0.1, 0.15) is 6.23 Å². The first-order valence-electron chi connectivity index (χ1n) is 11.6. The first kappa shape index (κ1) is 23.9. The number of aromatic hydroxyl groups is 1. The molecule has 7 rings (SSSR count). The van der Waals surface area contributed by atoms with E-state index in [9.17, 15) is 15.0 Å². The van der Waals surface area contributed by atoms with Gasteiger partial charge in [0.25, 0.3) is 5.56 Å². The van der Waals surface area contributed by atoms with Crippen molar-refractivity contribution in [2.24, 2.45) is 0 Å². The second kappa shape index (κ2) is 9.24. The van der Waals surface area contributed by atoms with E-state index in [2.05, 4.69) is 9.97 Å². The average Bonchev–Trinajstić information content (AvgIpc) is 3.60. The van der Waals surface area contributed by atoms with E-state index >= 15 is 0 Å². The third-order valence-corrected chi connectivity index (χ3v) is 8.79. The van der Waals surface area contributed by atoms with Gasteiger partial charge in [0.05, 0.1) is 5.69 Å². The van der Waals surface area contributed by atoms with Gasteiger partial charge in [0.2, 0.25) is 17.6 Å². The van der Waals surface area contributed by atoms with Gasteiger partial charge in [-0.1, -0.05) is 42.1 Å². The summed E-state index contributed by atoms with van der Waals surface area (Å²) < 4.78 is 20.4. The van der Waals surface area contributed by atoms with E-state index in [0.29, 0.717) is 10.9 Å². The number of ether oxygens (including phenoxy) is 1. The Kier molecular flexibility index (Phi) is 5.82. The van der Waals surface area contributed by atoms with Crippen molar-refractivity contribution < 1.29 is 24.0 Å². The van der Waals surface area contributed by atoms with Gasteiger partial charge in [-0.05, 0) is 29.8 Å². The van der Waals surface area contributed by atoms with E-state index in [1.165, 1.54) is 16.2 Å². The molecule has 2 fully saturated rings. The molecule has 3 aromatic heterocycles.